The van der Waals surface area contributed by atoms with Gasteiger partial charge in [0.1, 0.15) is 0 Å². The van der Waals surface area contributed by atoms with E-state index in [1.54, 1.807) is 0 Å². The minimum atomic E-state index is 0.111. The highest BCUT2D eigenvalue weighted by Crippen LogP contribution is 2.15. The number of fused-ring (bicyclic) bond motifs is 1. The third kappa shape index (κ3) is 3.92. The van der Waals surface area contributed by atoms with Gasteiger partial charge in [0.2, 0.25) is 5.91 Å². The maximum atomic E-state index is 12.1. The molecule has 3 rings (SSSR count). The highest BCUT2D eigenvalue weighted by atomic mass is 16.1. The van der Waals surface area contributed by atoms with Crippen molar-refractivity contribution in [2.75, 3.05) is 6.54 Å². The number of nitrogens with zero attached hydrogens (tertiary/aromatic N) is 3. The highest BCUT2D eigenvalue weighted by Gasteiger charge is 2.11. The van der Waals surface area contributed by atoms with Crippen molar-refractivity contribution >= 4 is 16.8 Å². The molecule has 25 heavy (non-hydrogen) atoms. The Kier molecular flexibility index (Phi) is 5.22. The van der Waals surface area contributed by atoms with Gasteiger partial charge in [-0.05, 0) is 49.8 Å². The number of para-hydroxylation sites is 1. The summed E-state index contributed by atoms with van der Waals surface area (Å²) >= 11 is 0. The number of amides is 1. The summed E-state index contributed by atoms with van der Waals surface area (Å²) in [6, 6.07) is 10.5. The van der Waals surface area contributed by atoms with Gasteiger partial charge in [0, 0.05) is 44.0 Å². The van der Waals surface area contributed by atoms with Crippen LogP contribution in [0.2, 0.25) is 0 Å². The molecule has 5 heteroatoms. The number of carbonyl (C=O) groups excluding carboxylic acids is 1. The summed E-state index contributed by atoms with van der Waals surface area (Å²) in [7, 11) is 1.94. The number of rotatable bonds is 7. The number of carbonyl (C=O) groups is 1. The maximum absolute atomic E-state index is 12.1. The summed E-state index contributed by atoms with van der Waals surface area (Å²) in [6.45, 7) is 5.67. The molecule has 1 N–H and O–H groups in total. The molecule has 0 aliphatic carbocycles. The SMILES string of the molecule is Cc1nn(C)c(C)c1CCC(=O)NCCCn1ccc2ccccc21. The molecule has 0 fully saturated rings. The number of nitrogens with one attached hydrogen (secondary N) is 1. The second-order valence-corrected chi connectivity index (χ2v) is 6.54. The molecular weight excluding hydrogens is 312 g/mol. The van der Waals surface area contributed by atoms with Crippen molar-refractivity contribution in [1.29, 1.82) is 0 Å². The normalized spacial score (nSPS) is 11.2. The Labute approximate surface area is 148 Å². The molecular formula is C20H26N4O. The van der Waals surface area contributed by atoms with Gasteiger partial charge < -0.3 is 9.88 Å². The zero-order chi connectivity index (χ0) is 17.8. The van der Waals surface area contributed by atoms with Gasteiger partial charge in [-0.1, -0.05) is 18.2 Å². The molecule has 0 aliphatic rings. The van der Waals surface area contributed by atoms with Crippen LogP contribution < -0.4 is 5.32 Å². The van der Waals surface area contributed by atoms with Crippen molar-refractivity contribution in [2.24, 2.45) is 7.05 Å². The number of aryl methyl sites for hydroxylation is 3. The molecule has 132 valence electrons. The molecule has 0 bridgehead atoms. The second-order valence-electron chi connectivity index (χ2n) is 6.54. The van der Waals surface area contributed by atoms with E-state index in [4.69, 9.17) is 0 Å². The fourth-order valence-electron chi connectivity index (χ4n) is 3.32. The molecule has 1 aromatic carbocycles. The average Bonchev–Trinajstić information content (AvgIpc) is 3.11. The number of benzene rings is 1. The van der Waals surface area contributed by atoms with Crippen LogP contribution >= 0.6 is 0 Å². The number of hydrogen-bond acceptors (Lipinski definition) is 2. The molecule has 2 heterocycles. The first-order valence-electron chi connectivity index (χ1n) is 8.86. The van der Waals surface area contributed by atoms with Crippen LogP contribution in [0.15, 0.2) is 36.5 Å². The Bertz CT molecular complexity index is 875. The van der Waals surface area contributed by atoms with Crippen molar-refractivity contribution < 1.29 is 4.79 Å². The van der Waals surface area contributed by atoms with E-state index in [2.05, 4.69) is 58.4 Å². The molecule has 0 saturated heterocycles. The number of aromatic nitrogens is 3. The summed E-state index contributed by atoms with van der Waals surface area (Å²) in [5, 5.41) is 8.69. The predicted molar refractivity (Wildman–Crippen MR) is 101 cm³/mol. The molecule has 0 radical (unpaired) electrons. The summed E-state index contributed by atoms with van der Waals surface area (Å²) < 4.78 is 4.12. The fourth-order valence-corrected chi connectivity index (χ4v) is 3.32. The molecule has 0 spiro atoms. The van der Waals surface area contributed by atoms with Gasteiger partial charge in [0.15, 0.2) is 0 Å². The molecule has 2 aromatic heterocycles. The smallest absolute Gasteiger partial charge is 0.220 e. The number of hydrogen-bond donors (Lipinski definition) is 1. The maximum Gasteiger partial charge on any atom is 0.220 e. The van der Waals surface area contributed by atoms with Crippen molar-refractivity contribution in [1.82, 2.24) is 19.7 Å². The van der Waals surface area contributed by atoms with Gasteiger partial charge >= 0.3 is 0 Å². The van der Waals surface area contributed by atoms with Gasteiger partial charge in [0.25, 0.3) is 0 Å². The predicted octanol–water partition coefficient (Wildman–Crippen LogP) is 3.13. The van der Waals surface area contributed by atoms with Crippen LogP contribution in [-0.2, 0) is 24.8 Å². The van der Waals surface area contributed by atoms with E-state index in [1.165, 1.54) is 16.5 Å². The summed E-state index contributed by atoms with van der Waals surface area (Å²) in [6.07, 6.45) is 4.30. The summed E-state index contributed by atoms with van der Waals surface area (Å²) in [5.41, 5.74) is 4.60. The lowest BCUT2D eigenvalue weighted by Gasteiger charge is -2.08. The standard InChI is InChI=1S/C20H26N4O/c1-15-18(16(2)23(3)22-15)9-10-20(25)21-12-6-13-24-14-11-17-7-4-5-8-19(17)24/h4-5,7-8,11,14H,6,9-10,12-13H2,1-3H3,(H,21,25). The van der Waals surface area contributed by atoms with E-state index in [0.717, 1.165) is 30.8 Å². The zero-order valence-corrected chi connectivity index (χ0v) is 15.2. The van der Waals surface area contributed by atoms with E-state index in [0.29, 0.717) is 13.0 Å². The largest absolute Gasteiger partial charge is 0.356 e. The van der Waals surface area contributed by atoms with Gasteiger partial charge in [-0.25, -0.2) is 0 Å². The Morgan fingerprint density at radius 1 is 1.20 bits per heavy atom. The first kappa shape index (κ1) is 17.3. The van der Waals surface area contributed by atoms with Crippen LogP contribution in [-0.4, -0.2) is 26.8 Å². The van der Waals surface area contributed by atoms with Crippen LogP contribution in [0.1, 0.15) is 29.8 Å². The molecule has 0 aliphatic heterocycles. The van der Waals surface area contributed by atoms with Gasteiger partial charge in [0.05, 0.1) is 5.69 Å². The topological polar surface area (TPSA) is 51.9 Å². The monoisotopic (exact) mass is 338 g/mol. The minimum Gasteiger partial charge on any atom is -0.356 e. The lowest BCUT2D eigenvalue weighted by molar-refractivity contribution is -0.121. The van der Waals surface area contributed by atoms with Crippen molar-refractivity contribution in [3.63, 3.8) is 0 Å². The fraction of sp³-hybridized carbons (Fsp3) is 0.400. The minimum absolute atomic E-state index is 0.111. The van der Waals surface area contributed by atoms with Crippen LogP contribution in [0.4, 0.5) is 0 Å². The van der Waals surface area contributed by atoms with Gasteiger partial charge in [-0.2, -0.15) is 5.10 Å². The highest BCUT2D eigenvalue weighted by molar-refractivity contribution is 5.79. The molecule has 3 aromatic rings. The summed E-state index contributed by atoms with van der Waals surface area (Å²) in [4.78, 5) is 12.1. The Morgan fingerprint density at radius 3 is 2.76 bits per heavy atom. The van der Waals surface area contributed by atoms with Crippen molar-refractivity contribution in [3.8, 4) is 0 Å². The Balaban J connectivity index is 1.42. The third-order valence-corrected chi connectivity index (χ3v) is 4.84. The molecule has 0 unspecified atom stereocenters. The van der Waals surface area contributed by atoms with Gasteiger partial charge in [-0.3, -0.25) is 9.48 Å². The van der Waals surface area contributed by atoms with Gasteiger partial charge in [-0.15, -0.1) is 0 Å². The lowest BCUT2D eigenvalue weighted by Crippen LogP contribution is -2.25. The molecule has 0 saturated carbocycles. The van der Waals surface area contributed by atoms with Crippen LogP contribution in [0.3, 0.4) is 0 Å². The molecule has 1 amide bonds. The first-order valence-corrected chi connectivity index (χ1v) is 8.86. The third-order valence-electron chi connectivity index (χ3n) is 4.84. The zero-order valence-electron chi connectivity index (χ0n) is 15.2. The van der Waals surface area contributed by atoms with E-state index in [-0.39, 0.29) is 5.91 Å². The Morgan fingerprint density at radius 2 is 2.00 bits per heavy atom. The first-order chi connectivity index (χ1) is 12.1. The van der Waals surface area contributed by atoms with Crippen LogP contribution in [0.5, 0.6) is 0 Å². The van der Waals surface area contributed by atoms with E-state index >= 15 is 0 Å². The molecule has 5 nitrogen and oxygen atoms in total. The van der Waals surface area contributed by atoms with Crippen LogP contribution in [0.25, 0.3) is 10.9 Å². The van der Waals surface area contributed by atoms with E-state index < -0.39 is 0 Å². The average molecular weight is 338 g/mol. The van der Waals surface area contributed by atoms with Crippen molar-refractivity contribution in [2.45, 2.75) is 39.7 Å². The second kappa shape index (κ2) is 7.55. The Hall–Kier alpha value is -2.56. The summed E-state index contributed by atoms with van der Waals surface area (Å²) in [5.74, 6) is 0.111. The van der Waals surface area contributed by atoms with E-state index in [1.807, 2.05) is 18.7 Å². The quantitative estimate of drug-likeness (QED) is 0.673. The molecule has 0 atom stereocenters. The van der Waals surface area contributed by atoms with Crippen molar-refractivity contribution in [3.05, 3.63) is 53.5 Å². The van der Waals surface area contributed by atoms with E-state index in [9.17, 15) is 4.79 Å². The van der Waals surface area contributed by atoms with Crippen LogP contribution in [0, 0.1) is 13.8 Å². The lowest BCUT2D eigenvalue weighted by atomic mass is 10.1.